The number of carbonyl (C=O) groups excluding carboxylic acids is 1. The minimum absolute atomic E-state index is 0.0969. The van der Waals surface area contributed by atoms with Crippen molar-refractivity contribution in [3.8, 4) is 0 Å². The lowest BCUT2D eigenvalue weighted by Crippen LogP contribution is -2.51. The molecule has 0 saturated heterocycles. The molecule has 0 saturated carbocycles. The number of hydrogen-bond acceptors (Lipinski definition) is 4. The molecule has 6 nitrogen and oxygen atoms in total. The Kier molecular flexibility index (Phi) is 4.11. The molecule has 0 aliphatic rings. The van der Waals surface area contributed by atoms with Crippen LogP contribution in [0.5, 0.6) is 0 Å². The molecule has 0 spiro atoms. The summed E-state index contributed by atoms with van der Waals surface area (Å²) in [4.78, 5) is 22.9. The monoisotopic (exact) mass is 254 g/mol. The van der Waals surface area contributed by atoms with Gasteiger partial charge in [0.25, 0.3) is 5.91 Å². The normalized spacial score (nSPS) is 14.3. The molecule has 18 heavy (non-hydrogen) atoms. The van der Waals surface area contributed by atoms with E-state index in [0.717, 1.165) is 0 Å². The SMILES string of the molecule is CCC(C)(NC(=O)c1cc(C(C)C)on1)C(=O)O. The van der Waals surface area contributed by atoms with Crippen LogP contribution in [0.3, 0.4) is 0 Å². The van der Waals surface area contributed by atoms with E-state index in [1.165, 1.54) is 13.0 Å². The predicted octanol–water partition coefficient (Wildman–Crippen LogP) is 1.78. The van der Waals surface area contributed by atoms with Gasteiger partial charge < -0.3 is 14.9 Å². The number of rotatable bonds is 5. The first-order chi connectivity index (χ1) is 8.30. The van der Waals surface area contributed by atoms with Crippen LogP contribution in [-0.4, -0.2) is 27.7 Å². The molecule has 0 bridgehead atoms. The van der Waals surface area contributed by atoms with E-state index < -0.39 is 17.4 Å². The van der Waals surface area contributed by atoms with E-state index in [9.17, 15) is 9.59 Å². The minimum atomic E-state index is -1.30. The van der Waals surface area contributed by atoms with Crippen molar-refractivity contribution in [1.29, 1.82) is 0 Å². The molecule has 1 aromatic rings. The topological polar surface area (TPSA) is 92.4 Å². The van der Waals surface area contributed by atoms with Gasteiger partial charge in [0.2, 0.25) is 0 Å². The fourth-order valence-electron chi connectivity index (χ4n) is 1.28. The number of hydrogen-bond donors (Lipinski definition) is 2. The lowest BCUT2D eigenvalue weighted by atomic mass is 9.99. The van der Waals surface area contributed by atoms with Crippen LogP contribution < -0.4 is 5.32 Å². The molecule has 0 radical (unpaired) electrons. The number of aliphatic carboxylic acids is 1. The Morgan fingerprint density at radius 1 is 1.56 bits per heavy atom. The maximum Gasteiger partial charge on any atom is 0.329 e. The summed E-state index contributed by atoms with van der Waals surface area (Å²) in [5.74, 6) is -0.909. The van der Waals surface area contributed by atoms with Gasteiger partial charge in [-0.25, -0.2) is 4.79 Å². The van der Waals surface area contributed by atoms with E-state index in [1.54, 1.807) is 6.92 Å². The molecule has 6 heteroatoms. The second-order valence-electron chi connectivity index (χ2n) is 4.71. The molecule has 2 N–H and O–H groups in total. The zero-order valence-electron chi connectivity index (χ0n) is 11.0. The zero-order valence-corrected chi connectivity index (χ0v) is 11.0. The van der Waals surface area contributed by atoms with Gasteiger partial charge in [-0.05, 0) is 13.3 Å². The second kappa shape index (κ2) is 5.20. The Morgan fingerprint density at radius 2 is 2.17 bits per heavy atom. The Hall–Kier alpha value is -1.85. The van der Waals surface area contributed by atoms with Crippen LogP contribution in [0.15, 0.2) is 10.6 Å². The molecule has 0 aromatic carbocycles. The summed E-state index contributed by atoms with van der Waals surface area (Å²) < 4.78 is 5.00. The largest absolute Gasteiger partial charge is 0.480 e. The van der Waals surface area contributed by atoms with Crippen LogP contribution in [0.4, 0.5) is 0 Å². The third kappa shape index (κ3) is 2.88. The van der Waals surface area contributed by atoms with Gasteiger partial charge in [-0.3, -0.25) is 4.79 Å². The Morgan fingerprint density at radius 3 is 2.56 bits per heavy atom. The lowest BCUT2D eigenvalue weighted by Gasteiger charge is -2.23. The van der Waals surface area contributed by atoms with E-state index in [1.807, 2.05) is 13.8 Å². The maximum atomic E-state index is 11.9. The van der Waals surface area contributed by atoms with Gasteiger partial charge in [-0.1, -0.05) is 25.9 Å². The highest BCUT2D eigenvalue weighted by Gasteiger charge is 2.33. The van der Waals surface area contributed by atoms with Crippen LogP contribution in [0.1, 0.15) is 56.3 Å². The Balaban J connectivity index is 2.84. The van der Waals surface area contributed by atoms with E-state index in [0.29, 0.717) is 5.76 Å². The highest BCUT2D eigenvalue weighted by atomic mass is 16.5. The number of carboxylic acid groups (broad SMARTS) is 1. The fourth-order valence-corrected chi connectivity index (χ4v) is 1.28. The number of aromatic nitrogens is 1. The molecule has 100 valence electrons. The van der Waals surface area contributed by atoms with Gasteiger partial charge in [0.15, 0.2) is 5.69 Å². The average Bonchev–Trinajstić information content (AvgIpc) is 2.77. The van der Waals surface area contributed by atoms with Gasteiger partial charge in [-0.2, -0.15) is 0 Å². The molecule has 1 atom stereocenters. The first-order valence-corrected chi connectivity index (χ1v) is 5.82. The van der Waals surface area contributed by atoms with Crippen molar-refractivity contribution >= 4 is 11.9 Å². The molecule has 1 rings (SSSR count). The minimum Gasteiger partial charge on any atom is -0.480 e. The highest BCUT2D eigenvalue weighted by Crippen LogP contribution is 2.16. The number of nitrogens with zero attached hydrogens (tertiary/aromatic N) is 1. The van der Waals surface area contributed by atoms with Crippen LogP contribution in [0, 0.1) is 0 Å². The van der Waals surface area contributed by atoms with Crippen LogP contribution in [0.25, 0.3) is 0 Å². The van der Waals surface area contributed by atoms with Crippen molar-refractivity contribution < 1.29 is 19.2 Å². The third-order valence-electron chi connectivity index (χ3n) is 2.90. The summed E-state index contributed by atoms with van der Waals surface area (Å²) in [7, 11) is 0. The number of nitrogens with one attached hydrogen (secondary N) is 1. The number of carboxylic acids is 1. The van der Waals surface area contributed by atoms with E-state index in [2.05, 4.69) is 10.5 Å². The van der Waals surface area contributed by atoms with Gasteiger partial charge in [0, 0.05) is 12.0 Å². The second-order valence-corrected chi connectivity index (χ2v) is 4.71. The zero-order chi connectivity index (χ0) is 13.9. The predicted molar refractivity (Wildman–Crippen MR) is 64.4 cm³/mol. The van der Waals surface area contributed by atoms with Crippen molar-refractivity contribution in [2.24, 2.45) is 0 Å². The van der Waals surface area contributed by atoms with Crippen molar-refractivity contribution in [2.75, 3.05) is 0 Å². The van der Waals surface area contributed by atoms with Gasteiger partial charge in [-0.15, -0.1) is 0 Å². The fraction of sp³-hybridized carbons (Fsp3) is 0.583. The summed E-state index contributed by atoms with van der Waals surface area (Å²) >= 11 is 0. The summed E-state index contributed by atoms with van der Waals surface area (Å²) in [5, 5.41) is 15.1. The quantitative estimate of drug-likeness (QED) is 0.835. The van der Waals surface area contributed by atoms with Gasteiger partial charge in [0.05, 0.1) is 0 Å². The Bertz CT molecular complexity index is 453. The molecule has 1 amide bonds. The molecular formula is C12H18N2O4. The van der Waals surface area contributed by atoms with E-state index in [-0.39, 0.29) is 18.0 Å². The van der Waals surface area contributed by atoms with Crippen LogP contribution >= 0.6 is 0 Å². The van der Waals surface area contributed by atoms with E-state index >= 15 is 0 Å². The smallest absolute Gasteiger partial charge is 0.329 e. The van der Waals surface area contributed by atoms with Crippen molar-refractivity contribution in [1.82, 2.24) is 10.5 Å². The van der Waals surface area contributed by atoms with Crippen molar-refractivity contribution in [3.05, 3.63) is 17.5 Å². The van der Waals surface area contributed by atoms with Gasteiger partial charge >= 0.3 is 5.97 Å². The average molecular weight is 254 g/mol. The van der Waals surface area contributed by atoms with E-state index in [4.69, 9.17) is 9.63 Å². The molecule has 1 aromatic heterocycles. The maximum absolute atomic E-state index is 11.9. The summed E-state index contributed by atoms with van der Waals surface area (Å²) in [6.45, 7) is 6.97. The molecule has 0 aliphatic heterocycles. The van der Waals surface area contributed by atoms with Crippen molar-refractivity contribution in [2.45, 2.75) is 45.6 Å². The van der Waals surface area contributed by atoms with Crippen molar-refractivity contribution in [3.63, 3.8) is 0 Å². The lowest BCUT2D eigenvalue weighted by molar-refractivity contribution is -0.143. The molecule has 1 unspecified atom stereocenters. The first kappa shape index (κ1) is 14.2. The highest BCUT2D eigenvalue weighted by molar-refractivity contribution is 5.96. The first-order valence-electron chi connectivity index (χ1n) is 5.82. The number of carbonyl (C=O) groups is 2. The Labute approximate surface area is 105 Å². The summed E-state index contributed by atoms with van der Waals surface area (Å²) in [6.07, 6.45) is 0.281. The summed E-state index contributed by atoms with van der Waals surface area (Å²) in [5.41, 5.74) is -1.20. The molecule has 0 fully saturated rings. The third-order valence-corrected chi connectivity index (χ3v) is 2.90. The van der Waals surface area contributed by atoms with Gasteiger partial charge in [0.1, 0.15) is 11.3 Å². The number of amides is 1. The molecule has 1 heterocycles. The van der Waals surface area contributed by atoms with Crippen LogP contribution in [-0.2, 0) is 4.79 Å². The molecular weight excluding hydrogens is 236 g/mol. The van der Waals surface area contributed by atoms with Crippen LogP contribution in [0.2, 0.25) is 0 Å². The summed E-state index contributed by atoms with van der Waals surface area (Å²) in [6, 6.07) is 1.53. The standard InChI is InChI=1S/C12H18N2O4/c1-5-12(4,11(16)17)13-10(15)8-6-9(7(2)3)18-14-8/h6-7H,5H2,1-4H3,(H,13,15)(H,16,17). The molecule has 0 aliphatic carbocycles.